The third-order valence-corrected chi connectivity index (χ3v) is 17.5. The number of carboxylic acids is 1. The highest BCUT2D eigenvalue weighted by atomic mass is 32.2. The average molecular weight is 755 g/mol. The molecule has 7 rings (SSSR count). The lowest BCUT2D eigenvalue weighted by molar-refractivity contribution is -0.227. The summed E-state index contributed by atoms with van der Waals surface area (Å²) in [5.74, 6) is 3.81. The summed E-state index contributed by atoms with van der Waals surface area (Å²) in [4.78, 5) is 14.2. The van der Waals surface area contributed by atoms with Crippen LogP contribution < -0.4 is 5.32 Å². The molecule has 0 bridgehead atoms. The molecule has 5 fully saturated rings. The number of nitrogens with one attached hydrogen (secondary N) is 1. The van der Waals surface area contributed by atoms with Crippen LogP contribution in [0.1, 0.15) is 129 Å². The summed E-state index contributed by atoms with van der Waals surface area (Å²) in [6, 6.07) is 7.56. The Morgan fingerprint density at radius 3 is 2.19 bits per heavy atom. The SMILES string of the molecule is CC.CC1(C)C(c2ccc(C(=O)O)cc2)=CCC2(C)C1CCC1(C)[C@@H]2CCC2[C@H]3[C@H](C(C)(O)CO)CCC3(NCCN3CCSCC3)CC[C@]21C.CO. The van der Waals surface area contributed by atoms with E-state index >= 15 is 0 Å². The molecule has 6 unspecified atom stereocenters. The van der Waals surface area contributed by atoms with E-state index in [0.717, 1.165) is 39.5 Å². The van der Waals surface area contributed by atoms with Crippen molar-refractivity contribution in [3.63, 3.8) is 0 Å². The maximum absolute atomic E-state index is 11.8. The zero-order valence-electron chi connectivity index (χ0n) is 34.6. The summed E-state index contributed by atoms with van der Waals surface area (Å²) in [6.07, 6.45) is 13.0. The second kappa shape index (κ2) is 16.2. The van der Waals surface area contributed by atoms with Crippen molar-refractivity contribution in [3.05, 3.63) is 41.5 Å². The fourth-order valence-electron chi connectivity index (χ4n) is 13.9. The molecular weight excluding hydrogens is 681 g/mol. The Morgan fingerprint density at radius 2 is 1.57 bits per heavy atom. The highest BCUT2D eigenvalue weighted by molar-refractivity contribution is 7.99. The molecule has 53 heavy (non-hydrogen) atoms. The van der Waals surface area contributed by atoms with E-state index in [9.17, 15) is 20.1 Å². The van der Waals surface area contributed by atoms with Gasteiger partial charge < -0.3 is 30.6 Å². The van der Waals surface area contributed by atoms with Gasteiger partial charge in [0.1, 0.15) is 0 Å². The number of carbonyl (C=O) groups is 1. The van der Waals surface area contributed by atoms with E-state index in [1.54, 1.807) is 12.1 Å². The van der Waals surface area contributed by atoms with Crippen LogP contribution in [0.3, 0.4) is 0 Å². The van der Waals surface area contributed by atoms with Crippen molar-refractivity contribution in [2.24, 2.45) is 51.2 Å². The second-order valence-corrected chi connectivity index (χ2v) is 20.0. The summed E-state index contributed by atoms with van der Waals surface area (Å²) >= 11 is 2.07. The predicted octanol–water partition coefficient (Wildman–Crippen LogP) is 8.23. The minimum Gasteiger partial charge on any atom is -0.478 e. The molecule has 5 N–H and O–H groups in total. The van der Waals surface area contributed by atoms with Crippen molar-refractivity contribution in [1.82, 2.24) is 10.2 Å². The molecule has 0 spiro atoms. The smallest absolute Gasteiger partial charge is 0.335 e. The third-order valence-electron chi connectivity index (χ3n) is 16.6. The first kappa shape index (κ1) is 42.7. The fourth-order valence-corrected chi connectivity index (χ4v) is 14.9. The van der Waals surface area contributed by atoms with Gasteiger partial charge in [-0.15, -0.1) is 0 Å². The molecule has 4 saturated carbocycles. The number of carboxylic acid groups (broad SMARTS) is 1. The molecule has 1 saturated heterocycles. The van der Waals surface area contributed by atoms with E-state index in [4.69, 9.17) is 5.11 Å². The average Bonchev–Trinajstić information content (AvgIpc) is 3.54. The van der Waals surface area contributed by atoms with Crippen LogP contribution in [0.25, 0.3) is 5.57 Å². The van der Waals surface area contributed by atoms with Gasteiger partial charge in [-0.05, 0) is 139 Å². The van der Waals surface area contributed by atoms with Crippen LogP contribution in [0.4, 0.5) is 0 Å². The number of aliphatic hydroxyl groups excluding tert-OH is 2. The Morgan fingerprint density at radius 1 is 0.906 bits per heavy atom. The fraction of sp³-hybridized carbons (Fsp3) is 0.800. The van der Waals surface area contributed by atoms with Gasteiger partial charge in [0.2, 0.25) is 0 Å². The van der Waals surface area contributed by atoms with Gasteiger partial charge in [-0.2, -0.15) is 11.8 Å². The zero-order chi connectivity index (χ0) is 39.0. The van der Waals surface area contributed by atoms with Gasteiger partial charge in [-0.1, -0.05) is 66.7 Å². The minimum atomic E-state index is -1.06. The van der Waals surface area contributed by atoms with Crippen molar-refractivity contribution in [3.8, 4) is 0 Å². The Kier molecular flexibility index (Phi) is 13.1. The number of hydrogen-bond acceptors (Lipinski definition) is 7. The molecule has 6 aliphatic rings. The highest BCUT2D eigenvalue weighted by Gasteiger charge is 2.71. The van der Waals surface area contributed by atoms with E-state index < -0.39 is 11.6 Å². The van der Waals surface area contributed by atoms with E-state index in [1.807, 2.05) is 32.9 Å². The van der Waals surface area contributed by atoms with Gasteiger partial charge in [-0.25, -0.2) is 4.79 Å². The summed E-state index contributed by atoms with van der Waals surface area (Å²) in [5.41, 5.74) is 2.45. The van der Waals surface area contributed by atoms with Gasteiger partial charge >= 0.3 is 5.97 Å². The van der Waals surface area contributed by atoms with E-state index in [0.29, 0.717) is 29.2 Å². The van der Waals surface area contributed by atoms with Crippen molar-refractivity contribution in [1.29, 1.82) is 0 Å². The summed E-state index contributed by atoms with van der Waals surface area (Å²) < 4.78 is 0. The predicted molar refractivity (Wildman–Crippen MR) is 220 cm³/mol. The first-order valence-electron chi connectivity index (χ1n) is 21.0. The van der Waals surface area contributed by atoms with Crippen molar-refractivity contribution < 1.29 is 25.2 Å². The highest BCUT2D eigenvalue weighted by Crippen LogP contribution is 2.76. The number of fused-ring (bicyclic) bond motifs is 7. The number of rotatable bonds is 8. The van der Waals surface area contributed by atoms with Crippen molar-refractivity contribution in [2.45, 2.75) is 124 Å². The monoisotopic (exact) mass is 755 g/mol. The summed E-state index contributed by atoms with van der Waals surface area (Å²) in [7, 11) is 1.00. The molecule has 7 nitrogen and oxygen atoms in total. The van der Waals surface area contributed by atoms with Crippen molar-refractivity contribution >= 4 is 23.3 Å². The summed E-state index contributed by atoms with van der Waals surface area (Å²) in [6.45, 7) is 23.1. The normalized spacial score (nSPS) is 39.9. The molecule has 8 heteroatoms. The Labute approximate surface area is 326 Å². The second-order valence-electron chi connectivity index (χ2n) is 18.8. The minimum absolute atomic E-state index is 0.00805. The number of nitrogens with zero attached hydrogens (tertiary/aromatic N) is 1. The van der Waals surface area contributed by atoms with Crippen LogP contribution in [-0.4, -0.2) is 93.8 Å². The molecule has 1 heterocycles. The van der Waals surface area contributed by atoms with Crippen LogP contribution in [0, 0.1) is 51.2 Å². The summed E-state index contributed by atoms with van der Waals surface area (Å²) in [5, 5.41) is 43.0. The molecule has 5 aliphatic carbocycles. The van der Waals surface area contributed by atoms with E-state index in [-0.39, 0.29) is 39.7 Å². The lowest BCUT2D eigenvalue weighted by Gasteiger charge is -2.72. The number of allylic oxidation sites excluding steroid dienone is 2. The largest absolute Gasteiger partial charge is 0.478 e. The van der Waals surface area contributed by atoms with Gasteiger partial charge in [0.15, 0.2) is 0 Å². The number of thioether (sulfide) groups is 1. The van der Waals surface area contributed by atoms with Gasteiger partial charge in [-0.3, -0.25) is 0 Å². The van der Waals surface area contributed by atoms with Crippen LogP contribution in [0.2, 0.25) is 0 Å². The topological polar surface area (TPSA) is 113 Å². The molecular formula is C45H74N2O5S. The van der Waals surface area contributed by atoms with Crippen molar-refractivity contribution in [2.75, 3.05) is 51.4 Å². The van der Waals surface area contributed by atoms with Crippen LogP contribution in [0.15, 0.2) is 30.3 Å². The number of benzene rings is 1. The Hall–Kier alpha value is -1.42. The Bertz CT molecular complexity index is 1440. The third kappa shape index (κ3) is 7.11. The molecule has 0 aromatic heterocycles. The van der Waals surface area contributed by atoms with Crippen LogP contribution >= 0.6 is 11.8 Å². The lowest BCUT2D eigenvalue weighted by atomic mass is 9.32. The first-order chi connectivity index (χ1) is 25.1. The number of aliphatic hydroxyl groups is 3. The molecule has 0 amide bonds. The van der Waals surface area contributed by atoms with Gasteiger partial charge in [0.05, 0.1) is 17.8 Å². The van der Waals surface area contributed by atoms with E-state index in [2.05, 4.69) is 62.7 Å². The van der Waals surface area contributed by atoms with Crippen LogP contribution in [0.5, 0.6) is 0 Å². The molecule has 0 radical (unpaired) electrons. The number of aromatic carboxylic acids is 1. The maximum atomic E-state index is 11.8. The first-order valence-corrected chi connectivity index (χ1v) is 22.2. The molecule has 1 aromatic rings. The molecule has 10 atom stereocenters. The molecule has 300 valence electrons. The van der Waals surface area contributed by atoms with Crippen LogP contribution in [-0.2, 0) is 0 Å². The van der Waals surface area contributed by atoms with E-state index in [1.165, 1.54) is 74.3 Å². The molecule has 1 aromatic carbocycles. The quantitative estimate of drug-likeness (QED) is 0.181. The maximum Gasteiger partial charge on any atom is 0.335 e. The Balaban J connectivity index is 0.00000131. The standard InChI is InChI=1S/C42H64N2O4S.C2H6.CH4O/c1-37(2)30(28-7-9-29(10-8-28)36(46)47)13-16-38(3)33(37)15-17-40(5)34(38)12-11-31-35-32(41(6,48)27-45)14-18-42(35,20-19-39(31,40)4)43-21-22-44-23-25-49-26-24-44;2*1-2/h7-10,13,31-35,43,45,48H,11-12,14-27H2,1-6H3,(H,46,47);1-2H3;2H,1H3/t31?,32-,33?,34-,35+,38?,39-,40?,41?,42?;;/m1../s1. The van der Waals surface area contributed by atoms with Gasteiger partial charge in [0.25, 0.3) is 0 Å². The number of hydrogen-bond donors (Lipinski definition) is 5. The lowest BCUT2D eigenvalue weighted by Crippen LogP contribution is -2.69. The zero-order valence-corrected chi connectivity index (χ0v) is 35.5. The van der Waals surface area contributed by atoms with Gasteiger partial charge in [0, 0.05) is 50.3 Å². The molecule has 1 aliphatic heterocycles.